The third-order valence-corrected chi connectivity index (χ3v) is 4.06. The minimum absolute atomic E-state index is 0.0716. The molecule has 0 saturated heterocycles. The Kier molecular flexibility index (Phi) is 4.68. The summed E-state index contributed by atoms with van der Waals surface area (Å²) >= 11 is 0. The van der Waals surface area contributed by atoms with Crippen LogP contribution in [0.15, 0.2) is 88.3 Å². The van der Waals surface area contributed by atoms with Gasteiger partial charge in [-0.25, -0.2) is 13.8 Å². The van der Waals surface area contributed by atoms with Gasteiger partial charge in [0.15, 0.2) is 5.82 Å². The summed E-state index contributed by atoms with van der Waals surface area (Å²) in [6.45, 7) is 0. The van der Waals surface area contributed by atoms with E-state index in [0.717, 1.165) is 12.1 Å². The third-order valence-electron chi connectivity index (χ3n) is 4.06. The first kappa shape index (κ1) is 17.6. The minimum atomic E-state index is -0.849. The van der Waals surface area contributed by atoms with E-state index in [0.29, 0.717) is 16.7 Å². The van der Waals surface area contributed by atoms with Crippen LogP contribution in [0.3, 0.4) is 0 Å². The van der Waals surface area contributed by atoms with E-state index < -0.39 is 17.5 Å². The van der Waals surface area contributed by atoms with Crippen molar-refractivity contribution < 1.29 is 18.0 Å². The Morgan fingerprint density at radius 3 is 2.43 bits per heavy atom. The topological polar surface area (TPSA) is 54.6 Å². The van der Waals surface area contributed by atoms with Crippen molar-refractivity contribution >= 4 is 28.3 Å². The Hall–Kier alpha value is -3.80. The van der Waals surface area contributed by atoms with Gasteiger partial charge in [0.05, 0.1) is 0 Å². The number of halogens is 2. The second-order valence-electron chi connectivity index (χ2n) is 6.03. The molecule has 28 heavy (non-hydrogen) atoms. The third kappa shape index (κ3) is 3.66. The molecule has 0 saturated carbocycles. The lowest BCUT2D eigenvalue weighted by atomic mass is 10.1. The molecule has 3 aromatic carbocycles. The van der Waals surface area contributed by atoms with Crippen molar-refractivity contribution in [3.8, 4) is 0 Å². The number of hydrogen-bond donors (Lipinski definition) is 1. The molecule has 1 N–H and O–H groups in total. The molecule has 0 aliphatic heterocycles. The molecule has 0 fully saturated rings. The number of carbonyl (C=O) groups is 1. The van der Waals surface area contributed by atoms with Crippen LogP contribution in [-0.2, 0) is 0 Å². The number of carbonyl (C=O) groups excluding carboxylic acids is 1. The Morgan fingerprint density at radius 1 is 0.893 bits per heavy atom. The van der Waals surface area contributed by atoms with Crippen LogP contribution >= 0.6 is 0 Å². The molecule has 4 rings (SSSR count). The van der Waals surface area contributed by atoms with Crippen LogP contribution < -0.4 is 10.9 Å². The van der Waals surface area contributed by atoms with Crippen LogP contribution in [-0.4, -0.2) is 5.91 Å². The van der Waals surface area contributed by atoms with Gasteiger partial charge in [0.1, 0.15) is 22.7 Å². The first-order chi connectivity index (χ1) is 13.6. The van der Waals surface area contributed by atoms with Gasteiger partial charge >= 0.3 is 0 Å². The molecule has 0 spiro atoms. The minimum Gasteiger partial charge on any atom is -0.438 e. The summed E-state index contributed by atoms with van der Waals surface area (Å²) in [5, 5.41) is 3.45. The summed E-state index contributed by atoms with van der Waals surface area (Å²) < 4.78 is 33.0. The first-order valence-corrected chi connectivity index (χ1v) is 8.49. The van der Waals surface area contributed by atoms with E-state index in [1.165, 1.54) is 6.07 Å². The van der Waals surface area contributed by atoms with Gasteiger partial charge in [-0.15, -0.1) is 0 Å². The van der Waals surface area contributed by atoms with Gasteiger partial charge in [0, 0.05) is 17.1 Å². The maximum Gasteiger partial charge on any atom is 0.261 e. The van der Waals surface area contributed by atoms with Gasteiger partial charge < -0.3 is 9.73 Å². The van der Waals surface area contributed by atoms with Crippen LogP contribution in [0.1, 0.15) is 10.4 Å². The molecule has 0 atom stereocenters. The number of amides is 1. The average molecular weight is 376 g/mol. The van der Waals surface area contributed by atoms with Gasteiger partial charge in [-0.05, 0) is 36.4 Å². The largest absolute Gasteiger partial charge is 0.438 e. The molecule has 4 nitrogen and oxygen atoms in total. The zero-order valence-corrected chi connectivity index (χ0v) is 14.5. The summed E-state index contributed by atoms with van der Waals surface area (Å²) in [6.07, 6.45) is 0. The van der Waals surface area contributed by atoms with E-state index >= 15 is 0 Å². The molecule has 138 valence electrons. The highest BCUT2D eigenvalue weighted by Crippen LogP contribution is 2.19. The van der Waals surface area contributed by atoms with E-state index in [1.54, 1.807) is 48.5 Å². The highest BCUT2D eigenvalue weighted by Gasteiger charge is 2.14. The fourth-order valence-corrected chi connectivity index (χ4v) is 2.72. The van der Waals surface area contributed by atoms with E-state index in [4.69, 9.17) is 4.42 Å². The van der Waals surface area contributed by atoms with Crippen molar-refractivity contribution in [3.05, 3.63) is 102 Å². The molecule has 1 aromatic heterocycles. The summed E-state index contributed by atoms with van der Waals surface area (Å²) in [4.78, 5) is 16.9. The van der Waals surface area contributed by atoms with Gasteiger partial charge in [-0.1, -0.05) is 36.4 Å². The fourth-order valence-electron chi connectivity index (χ4n) is 2.72. The monoisotopic (exact) mass is 376 g/mol. The van der Waals surface area contributed by atoms with Gasteiger partial charge in [0.25, 0.3) is 5.91 Å². The van der Waals surface area contributed by atoms with Crippen molar-refractivity contribution in [2.75, 3.05) is 5.32 Å². The molecule has 0 radical (unpaired) electrons. The van der Waals surface area contributed by atoms with Gasteiger partial charge in [-0.2, -0.15) is 0 Å². The second kappa shape index (κ2) is 7.44. The van der Waals surface area contributed by atoms with Crippen molar-refractivity contribution in [3.63, 3.8) is 0 Å². The highest BCUT2D eigenvalue weighted by atomic mass is 19.1. The normalized spacial score (nSPS) is 11.6. The number of nitrogens with one attached hydrogen (secondary N) is 1. The van der Waals surface area contributed by atoms with E-state index in [2.05, 4.69) is 10.3 Å². The van der Waals surface area contributed by atoms with Crippen LogP contribution in [0.2, 0.25) is 0 Å². The van der Waals surface area contributed by atoms with Crippen molar-refractivity contribution in [1.29, 1.82) is 0 Å². The van der Waals surface area contributed by atoms with Gasteiger partial charge in [-0.3, -0.25) is 4.79 Å². The van der Waals surface area contributed by atoms with Crippen LogP contribution in [0.25, 0.3) is 11.0 Å². The summed E-state index contributed by atoms with van der Waals surface area (Å²) in [6, 6.07) is 20.6. The number of anilines is 1. The number of nitrogens with zero attached hydrogens (tertiary/aromatic N) is 1. The molecule has 6 heteroatoms. The van der Waals surface area contributed by atoms with Crippen molar-refractivity contribution in [1.82, 2.24) is 0 Å². The first-order valence-electron chi connectivity index (χ1n) is 8.49. The number of rotatable bonds is 3. The van der Waals surface area contributed by atoms with Gasteiger partial charge in [0.2, 0.25) is 5.55 Å². The highest BCUT2D eigenvalue weighted by molar-refractivity contribution is 6.05. The molecular formula is C22H14F2N2O2. The van der Waals surface area contributed by atoms with Crippen LogP contribution in [0.4, 0.5) is 20.2 Å². The standard InChI is InChI=1S/C22H14F2N2O2/c23-15-10-11-19(18(24)13-15)26-22-17(12-14-6-4-5-9-20(14)28-22)21(27)25-16-7-2-1-3-8-16/h1-13H,(H,25,27). The maximum atomic E-state index is 14.1. The molecule has 1 amide bonds. The smallest absolute Gasteiger partial charge is 0.261 e. The molecule has 4 aromatic rings. The zero-order chi connectivity index (χ0) is 19.5. The Morgan fingerprint density at radius 2 is 1.64 bits per heavy atom. The lowest BCUT2D eigenvalue weighted by molar-refractivity contribution is 0.102. The van der Waals surface area contributed by atoms with E-state index in [1.807, 2.05) is 12.1 Å². The Balaban J connectivity index is 1.87. The lowest BCUT2D eigenvalue weighted by Gasteiger charge is -2.07. The summed E-state index contributed by atoms with van der Waals surface area (Å²) in [5.74, 6) is -2.02. The maximum absolute atomic E-state index is 14.1. The van der Waals surface area contributed by atoms with E-state index in [9.17, 15) is 13.6 Å². The summed E-state index contributed by atoms with van der Waals surface area (Å²) in [7, 11) is 0. The summed E-state index contributed by atoms with van der Waals surface area (Å²) in [5.41, 5.74) is 1.01. The lowest BCUT2D eigenvalue weighted by Crippen LogP contribution is -2.21. The fraction of sp³-hybridized carbons (Fsp3) is 0. The Bertz CT molecular complexity index is 1230. The number of benzene rings is 3. The zero-order valence-electron chi connectivity index (χ0n) is 14.5. The predicted molar refractivity (Wildman–Crippen MR) is 102 cm³/mol. The van der Waals surface area contributed by atoms with Crippen molar-refractivity contribution in [2.24, 2.45) is 4.99 Å². The quantitative estimate of drug-likeness (QED) is 0.535. The molecule has 0 aliphatic carbocycles. The molecule has 0 bridgehead atoms. The van der Waals surface area contributed by atoms with E-state index in [-0.39, 0.29) is 16.8 Å². The van der Waals surface area contributed by atoms with Crippen molar-refractivity contribution in [2.45, 2.75) is 0 Å². The number of para-hydroxylation sites is 2. The number of hydrogen-bond acceptors (Lipinski definition) is 3. The average Bonchev–Trinajstić information content (AvgIpc) is 2.70. The molecular weight excluding hydrogens is 362 g/mol. The van der Waals surface area contributed by atoms with Crippen LogP contribution in [0.5, 0.6) is 0 Å². The molecule has 0 aliphatic rings. The number of fused-ring (bicyclic) bond motifs is 1. The molecule has 0 unspecified atom stereocenters. The van der Waals surface area contributed by atoms with Crippen LogP contribution in [0, 0.1) is 11.6 Å². The SMILES string of the molecule is O=C(Nc1ccccc1)c1cc2ccccc2oc1=Nc1ccc(F)cc1F. The Labute approximate surface area is 158 Å². The predicted octanol–water partition coefficient (Wildman–Crippen LogP) is 5.20. The second-order valence-corrected chi connectivity index (χ2v) is 6.03. The molecule has 1 heterocycles.